The fourth-order valence-corrected chi connectivity index (χ4v) is 2.82. The number of carbonyl (C=O) groups is 3. The molecule has 3 atom stereocenters. The fourth-order valence-electron chi connectivity index (χ4n) is 2.82. The number of ether oxygens (including phenoxy) is 1. The molecule has 0 saturated heterocycles. The Hall–Kier alpha value is -3.64. The summed E-state index contributed by atoms with van der Waals surface area (Å²) in [5.41, 5.74) is 21.2. The van der Waals surface area contributed by atoms with Crippen LogP contribution in [0.25, 0.3) is 5.70 Å². The van der Waals surface area contributed by atoms with Gasteiger partial charge in [0, 0.05) is 6.42 Å². The monoisotopic (exact) mass is 448 g/mol. The summed E-state index contributed by atoms with van der Waals surface area (Å²) in [4.78, 5) is 45.1. The number of hydrogen-bond acceptors (Lipinski definition) is 8. The molecule has 0 fully saturated rings. The second-order valence-corrected chi connectivity index (χ2v) is 7.07. The first-order valence-electron chi connectivity index (χ1n) is 9.99. The van der Waals surface area contributed by atoms with Gasteiger partial charge in [0.1, 0.15) is 6.10 Å². The number of carboxylic acids is 1. The molecule has 0 unspecified atom stereocenters. The highest BCUT2D eigenvalue weighted by Crippen LogP contribution is 2.23. The number of alkyl carbamates (subject to hydrolysis) is 1. The van der Waals surface area contributed by atoms with Crippen molar-refractivity contribution in [1.29, 1.82) is 0 Å². The number of hydrogen-bond donors (Lipinski definition) is 6. The maximum absolute atomic E-state index is 12.5. The van der Waals surface area contributed by atoms with Crippen LogP contribution in [0.2, 0.25) is 0 Å². The van der Waals surface area contributed by atoms with Gasteiger partial charge in [-0.25, -0.2) is 14.6 Å². The first kappa shape index (κ1) is 24.6. The predicted octanol–water partition coefficient (Wildman–Crippen LogP) is 0.102. The quantitative estimate of drug-likeness (QED) is 0.153. The van der Waals surface area contributed by atoms with Crippen molar-refractivity contribution in [2.45, 2.75) is 44.4 Å². The largest absolute Gasteiger partial charge is 0.480 e. The Morgan fingerprint density at radius 1 is 1.28 bits per heavy atom. The molecular formula is C20H28N6O6. The van der Waals surface area contributed by atoms with E-state index in [-0.39, 0.29) is 19.0 Å². The zero-order valence-corrected chi connectivity index (χ0v) is 17.6. The van der Waals surface area contributed by atoms with Crippen LogP contribution in [-0.4, -0.2) is 53.7 Å². The number of nitrogens with two attached hydrogens (primary N) is 3. The lowest BCUT2D eigenvalue weighted by Gasteiger charge is -2.20. The normalized spacial score (nSPS) is 16.8. The molecule has 0 bridgehead atoms. The average molecular weight is 448 g/mol. The van der Waals surface area contributed by atoms with Crippen molar-refractivity contribution >= 4 is 35.2 Å². The van der Waals surface area contributed by atoms with Crippen molar-refractivity contribution in [3.05, 3.63) is 35.9 Å². The Bertz CT molecular complexity index is 881. The van der Waals surface area contributed by atoms with Crippen molar-refractivity contribution in [2.24, 2.45) is 22.2 Å². The molecule has 0 aromatic heterocycles. The van der Waals surface area contributed by atoms with Crippen LogP contribution in [0.5, 0.6) is 0 Å². The minimum Gasteiger partial charge on any atom is -0.480 e. The first-order chi connectivity index (χ1) is 15.2. The Balaban J connectivity index is 1.96. The van der Waals surface area contributed by atoms with Gasteiger partial charge in [-0.2, -0.15) is 0 Å². The van der Waals surface area contributed by atoms with E-state index in [9.17, 15) is 19.5 Å². The Labute approximate surface area is 184 Å². The standard InChI is InChI=1S/C20H28N6O6/c1-2-3-8-31-20(30)25-17(18(28)29)16(21)15(27)10-13-9-14(26-32-13)11-4-6-12(7-5-11)24-19(22)23/h4-7,9,13,16-17,26H,2-3,8,10,21H2,1H3,(H,25,30)(H,28,29)(H4,22,23,24)/t13-,16-,17+/m1/s1. The van der Waals surface area contributed by atoms with E-state index >= 15 is 0 Å². The number of rotatable bonds is 11. The molecule has 0 radical (unpaired) electrons. The van der Waals surface area contributed by atoms with Crippen LogP contribution in [0.3, 0.4) is 0 Å². The number of carboxylic acid groups (broad SMARTS) is 1. The molecule has 32 heavy (non-hydrogen) atoms. The molecule has 1 aromatic carbocycles. The van der Waals surface area contributed by atoms with Gasteiger partial charge in [0.2, 0.25) is 0 Å². The first-order valence-corrected chi connectivity index (χ1v) is 9.99. The maximum atomic E-state index is 12.5. The van der Waals surface area contributed by atoms with Gasteiger partial charge >= 0.3 is 12.1 Å². The van der Waals surface area contributed by atoms with Gasteiger partial charge in [-0.15, -0.1) is 0 Å². The zero-order chi connectivity index (χ0) is 23.7. The van der Waals surface area contributed by atoms with Crippen LogP contribution in [0.15, 0.2) is 35.3 Å². The van der Waals surface area contributed by atoms with Gasteiger partial charge in [-0.3, -0.25) is 15.1 Å². The molecule has 1 heterocycles. The summed E-state index contributed by atoms with van der Waals surface area (Å²) in [6.45, 7) is 2.05. The van der Waals surface area contributed by atoms with Crippen molar-refractivity contribution in [1.82, 2.24) is 10.8 Å². The fraction of sp³-hybridized carbons (Fsp3) is 0.400. The molecule has 9 N–H and O–H groups in total. The number of amides is 1. The lowest BCUT2D eigenvalue weighted by atomic mass is 9.99. The van der Waals surface area contributed by atoms with Gasteiger partial charge in [0.05, 0.1) is 24.0 Å². The van der Waals surface area contributed by atoms with Crippen LogP contribution >= 0.6 is 0 Å². The number of guanidine groups is 1. The predicted molar refractivity (Wildman–Crippen MR) is 116 cm³/mol. The number of ketones is 1. The summed E-state index contributed by atoms with van der Waals surface area (Å²) in [5, 5.41) is 11.5. The maximum Gasteiger partial charge on any atom is 0.407 e. The lowest BCUT2D eigenvalue weighted by molar-refractivity contribution is -0.142. The number of nitrogens with zero attached hydrogens (tertiary/aromatic N) is 1. The van der Waals surface area contributed by atoms with Gasteiger partial charge in [0.15, 0.2) is 17.8 Å². The summed E-state index contributed by atoms with van der Waals surface area (Å²) in [5.74, 6) is -2.10. The Morgan fingerprint density at radius 3 is 2.56 bits per heavy atom. The average Bonchev–Trinajstić information content (AvgIpc) is 3.20. The van der Waals surface area contributed by atoms with E-state index in [0.29, 0.717) is 17.8 Å². The second-order valence-electron chi connectivity index (χ2n) is 7.07. The molecule has 1 aromatic rings. The highest BCUT2D eigenvalue weighted by molar-refractivity contribution is 5.93. The van der Waals surface area contributed by atoms with E-state index < -0.39 is 36.0 Å². The molecule has 0 saturated carbocycles. The summed E-state index contributed by atoms with van der Waals surface area (Å²) in [6.07, 6.45) is 1.29. The van der Waals surface area contributed by atoms with Crippen LogP contribution in [-0.2, 0) is 19.2 Å². The molecule has 0 aliphatic carbocycles. The van der Waals surface area contributed by atoms with Gasteiger partial charge in [0.25, 0.3) is 0 Å². The van der Waals surface area contributed by atoms with Crippen molar-refractivity contribution < 1.29 is 29.1 Å². The van der Waals surface area contributed by atoms with Crippen LogP contribution in [0, 0.1) is 0 Å². The van der Waals surface area contributed by atoms with E-state index in [0.717, 1.165) is 12.0 Å². The minimum atomic E-state index is -1.63. The number of aliphatic carboxylic acids is 1. The molecule has 2 rings (SSSR count). The number of unbranched alkanes of at least 4 members (excludes halogenated alkanes) is 1. The molecule has 0 spiro atoms. The van der Waals surface area contributed by atoms with Gasteiger partial charge < -0.3 is 32.4 Å². The van der Waals surface area contributed by atoms with E-state index in [1.165, 1.54) is 0 Å². The highest BCUT2D eigenvalue weighted by Gasteiger charge is 2.34. The summed E-state index contributed by atoms with van der Waals surface area (Å²) < 4.78 is 4.87. The minimum absolute atomic E-state index is 0.0578. The summed E-state index contributed by atoms with van der Waals surface area (Å²) in [6, 6.07) is 3.82. The van der Waals surface area contributed by atoms with Gasteiger partial charge in [-0.05, 0) is 30.2 Å². The van der Waals surface area contributed by atoms with Crippen molar-refractivity contribution in [3.63, 3.8) is 0 Å². The number of carbonyl (C=O) groups excluding carboxylic acids is 2. The van der Waals surface area contributed by atoms with E-state index in [1.54, 1.807) is 30.3 Å². The second kappa shape index (κ2) is 11.7. The van der Waals surface area contributed by atoms with Crippen LogP contribution in [0.4, 0.5) is 10.5 Å². The molecule has 174 valence electrons. The Morgan fingerprint density at radius 2 is 1.97 bits per heavy atom. The number of Topliss-reactive ketones (excluding diaryl/α,β-unsaturated/α-hetero) is 1. The Kier molecular flexibility index (Phi) is 8.98. The van der Waals surface area contributed by atoms with Crippen LogP contribution < -0.4 is 28.0 Å². The topological polar surface area (TPSA) is 204 Å². The molecule has 1 aliphatic rings. The van der Waals surface area contributed by atoms with Crippen molar-refractivity contribution in [3.8, 4) is 0 Å². The van der Waals surface area contributed by atoms with E-state index in [1.807, 2.05) is 6.92 Å². The van der Waals surface area contributed by atoms with Gasteiger partial charge in [-0.1, -0.05) is 25.5 Å². The number of aliphatic imine (C=N–C) groups is 1. The van der Waals surface area contributed by atoms with Crippen molar-refractivity contribution in [2.75, 3.05) is 6.61 Å². The summed E-state index contributed by atoms with van der Waals surface area (Å²) in [7, 11) is 0. The zero-order valence-electron chi connectivity index (χ0n) is 17.6. The highest BCUT2D eigenvalue weighted by atomic mass is 16.7. The third kappa shape index (κ3) is 7.25. The van der Waals surface area contributed by atoms with E-state index in [4.69, 9.17) is 26.8 Å². The SMILES string of the molecule is CCCCOC(=O)N[C@H](C(=O)O)[C@H](N)C(=O)C[C@H]1C=C(c2ccc(N=C(N)N)cc2)NO1. The molecule has 12 heteroatoms. The number of hydroxylamine groups is 1. The van der Waals surface area contributed by atoms with Crippen LogP contribution in [0.1, 0.15) is 31.7 Å². The molecule has 1 amide bonds. The third-order valence-corrected chi connectivity index (χ3v) is 4.51. The molecular weight excluding hydrogens is 420 g/mol. The summed E-state index contributed by atoms with van der Waals surface area (Å²) >= 11 is 0. The molecule has 12 nitrogen and oxygen atoms in total. The van der Waals surface area contributed by atoms with E-state index in [2.05, 4.69) is 15.8 Å². The third-order valence-electron chi connectivity index (χ3n) is 4.51. The number of benzene rings is 1. The number of nitrogens with one attached hydrogen (secondary N) is 2. The lowest BCUT2D eigenvalue weighted by Crippen LogP contribution is -2.56. The molecule has 1 aliphatic heterocycles. The smallest absolute Gasteiger partial charge is 0.407 e.